The third-order valence-corrected chi connectivity index (χ3v) is 5.22. The largest absolute Gasteiger partial charge is 0.369 e. The minimum Gasteiger partial charge on any atom is -0.369 e. The van der Waals surface area contributed by atoms with Crippen LogP contribution in [0.25, 0.3) is 0 Å². The predicted octanol–water partition coefficient (Wildman–Crippen LogP) is 1.85. The van der Waals surface area contributed by atoms with E-state index in [4.69, 9.17) is 4.74 Å². The molecule has 3 rings (SSSR count). The number of fused-ring (bicyclic) bond motifs is 1. The Morgan fingerprint density at radius 1 is 1.35 bits per heavy atom. The smallest absolute Gasteiger partial charge is 0.249 e. The summed E-state index contributed by atoms with van der Waals surface area (Å²) >= 11 is 0. The first-order valence-electron chi connectivity index (χ1n) is 9.82. The molecule has 2 heterocycles. The summed E-state index contributed by atoms with van der Waals surface area (Å²) in [6, 6.07) is 2.00. The van der Waals surface area contributed by atoms with Crippen molar-refractivity contribution < 1.29 is 14.3 Å². The van der Waals surface area contributed by atoms with Crippen molar-refractivity contribution in [1.29, 1.82) is 0 Å². The lowest BCUT2D eigenvalue weighted by molar-refractivity contribution is -0.138. The third-order valence-electron chi connectivity index (χ3n) is 5.22. The van der Waals surface area contributed by atoms with Gasteiger partial charge in [-0.25, -0.2) is 0 Å². The highest BCUT2D eigenvalue weighted by Crippen LogP contribution is 2.29. The molecule has 0 aromatic carbocycles. The molecule has 1 aromatic rings. The maximum atomic E-state index is 12.6. The Morgan fingerprint density at radius 2 is 2.15 bits per heavy atom. The molecule has 0 radical (unpaired) electrons. The molecule has 0 saturated heterocycles. The zero-order valence-electron chi connectivity index (χ0n) is 15.9. The SMILES string of the molecule is CCCO[C@@H](C)C(=O)NCc1cc2n(n1)CCCN(C(=O)C1CCC1)C2. The van der Waals surface area contributed by atoms with Crippen LogP contribution in [0.4, 0.5) is 0 Å². The van der Waals surface area contributed by atoms with Gasteiger partial charge in [0.2, 0.25) is 11.8 Å². The number of aromatic nitrogens is 2. The lowest BCUT2D eigenvalue weighted by Crippen LogP contribution is -2.38. The molecule has 0 bridgehead atoms. The lowest BCUT2D eigenvalue weighted by atomic mass is 9.84. The molecule has 0 unspecified atom stereocenters. The van der Waals surface area contributed by atoms with Gasteiger partial charge in [-0.15, -0.1) is 0 Å². The summed E-state index contributed by atoms with van der Waals surface area (Å²) < 4.78 is 7.41. The van der Waals surface area contributed by atoms with E-state index in [9.17, 15) is 9.59 Å². The first-order valence-corrected chi connectivity index (χ1v) is 9.82. The molecule has 7 heteroatoms. The molecule has 144 valence electrons. The predicted molar refractivity (Wildman–Crippen MR) is 97.2 cm³/mol. The van der Waals surface area contributed by atoms with Crippen LogP contribution in [-0.2, 0) is 34.0 Å². The number of nitrogens with one attached hydrogen (secondary N) is 1. The highest BCUT2D eigenvalue weighted by Gasteiger charge is 2.30. The Hall–Kier alpha value is -1.89. The summed E-state index contributed by atoms with van der Waals surface area (Å²) in [6.07, 6.45) is 4.59. The normalized spacial score (nSPS) is 18.6. The molecule has 1 saturated carbocycles. The molecule has 1 N–H and O–H groups in total. The summed E-state index contributed by atoms with van der Waals surface area (Å²) in [4.78, 5) is 26.6. The van der Waals surface area contributed by atoms with E-state index >= 15 is 0 Å². The van der Waals surface area contributed by atoms with E-state index in [1.165, 1.54) is 6.42 Å². The van der Waals surface area contributed by atoms with Crippen LogP contribution in [0.15, 0.2) is 6.07 Å². The number of hydrogen-bond donors (Lipinski definition) is 1. The van der Waals surface area contributed by atoms with Crippen molar-refractivity contribution in [2.75, 3.05) is 13.2 Å². The molecular weight excluding hydrogens is 332 g/mol. The number of amides is 2. The minimum atomic E-state index is -0.453. The Balaban J connectivity index is 1.55. The van der Waals surface area contributed by atoms with Crippen LogP contribution in [0.3, 0.4) is 0 Å². The van der Waals surface area contributed by atoms with Gasteiger partial charge in [-0.3, -0.25) is 14.3 Å². The van der Waals surface area contributed by atoms with Gasteiger partial charge in [-0.05, 0) is 38.7 Å². The van der Waals surface area contributed by atoms with Crippen molar-refractivity contribution in [2.45, 2.75) is 71.7 Å². The van der Waals surface area contributed by atoms with Gasteiger partial charge in [-0.1, -0.05) is 13.3 Å². The molecule has 1 aliphatic heterocycles. The topological polar surface area (TPSA) is 76.5 Å². The van der Waals surface area contributed by atoms with Gasteiger partial charge in [0.1, 0.15) is 6.10 Å². The maximum absolute atomic E-state index is 12.6. The fourth-order valence-electron chi connectivity index (χ4n) is 3.40. The summed E-state index contributed by atoms with van der Waals surface area (Å²) in [5.41, 5.74) is 1.88. The Kier molecular flexibility index (Phi) is 6.29. The fraction of sp³-hybridized carbons (Fsp3) is 0.737. The van der Waals surface area contributed by atoms with E-state index in [-0.39, 0.29) is 11.8 Å². The first-order chi connectivity index (χ1) is 12.6. The average Bonchev–Trinajstić information content (AvgIpc) is 2.86. The van der Waals surface area contributed by atoms with Crippen molar-refractivity contribution in [2.24, 2.45) is 5.92 Å². The Morgan fingerprint density at radius 3 is 2.85 bits per heavy atom. The Labute approximate surface area is 155 Å². The molecule has 7 nitrogen and oxygen atoms in total. The molecule has 2 aliphatic rings. The summed E-state index contributed by atoms with van der Waals surface area (Å²) in [6.45, 7) is 6.98. The monoisotopic (exact) mass is 362 g/mol. The number of carbonyl (C=O) groups is 2. The second-order valence-corrected chi connectivity index (χ2v) is 7.32. The van der Waals surface area contributed by atoms with Crippen LogP contribution in [0, 0.1) is 5.92 Å². The zero-order valence-corrected chi connectivity index (χ0v) is 15.9. The minimum absolute atomic E-state index is 0.122. The second-order valence-electron chi connectivity index (χ2n) is 7.32. The average molecular weight is 362 g/mol. The van der Waals surface area contributed by atoms with Gasteiger partial charge in [0, 0.05) is 25.6 Å². The Bertz CT molecular complexity index is 639. The van der Waals surface area contributed by atoms with Crippen LogP contribution < -0.4 is 5.32 Å². The molecular formula is C19H30N4O3. The molecule has 1 aliphatic carbocycles. The molecule has 2 amide bonds. The van der Waals surface area contributed by atoms with Gasteiger partial charge in [0.15, 0.2) is 0 Å². The standard InChI is InChI=1S/C19H30N4O3/c1-3-10-26-14(2)18(24)20-12-16-11-17-13-22(8-5-9-23(17)21-16)19(25)15-6-4-7-15/h11,14-15H,3-10,12-13H2,1-2H3,(H,20,24)/t14-/m0/s1. The third kappa shape index (κ3) is 4.44. The molecule has 1 atom stereocenters. The molecule has 1 aromatic heterocycles. The van der Waals surface area contributed by atoms with Crippen molar-refractivity contribution in [1.82, 2.24) is 20.0 Å². The second kappa shape index (κ2) is 8.66. The van der Waals surface area contributed by atoms with Crippen LogP contribution in [0.2, 0.25) is 0 Å². The zero-order chi connectivity index (χ0) is 18.5. The van der Waals surface area contributed by atoms with Crippen LogP contribution in [0.5, 0.6) is 0 Å². The number of ether oxygens (including phenoxy) is 1. The van der Waals surface area contributed by atoms with Crippen molar-refractivity contribution in [3.63, 3.8) is 0 Å². The summed E-state index contributed by atoms with van der Waals surface area (Å²) in [5, 5.41) is 7.48. The van der Waals surface area contributed by atoms with Crippen LogP contribution in [-0.4, -0.2) is 45.8 Å². The van der Waals surface area contributed by atoms with Gasteiger partial charge in [-0.2, -0.15) is 5.10 Å². The van der Waals surface area contributed by atoms with Crippen LogP contribution in [0.1, 0.15) is 57.3 Å². The van der Waals surface area contributed by atoms with E-state index < -0.39 is 6.10 Å². The maximum Gasteiger partial charge on any atom is 0.249 e. The molecule has 0 spiro atoms. The number of nitrogens with zero attached hydrogens (tertiary/aromatic N) is 3. The van der Waals surface area contributed by atoms with E-state index in [2.05, 4.69) is 10.4 Å². The van der Waals surface area contributed by atoms with Gasteiger partial charge >= 0.3 is 0 Å². The van der Waals surface area contributed by atoms with Crippen molar-refractivity contribution >= 4 is 11.8 Å². The molecule has 26 heavy (non-hydrogen) atoms. The first kappa shape index (κ1) is 18.9. The van der Waals surface area contributed by atoms with Crippen molar-refractivity contribution in [3.05, 3.63) is 17.5 Å². The van der Waals surface area contributed by atoms with Gasteiger partial charge in [0.25, 0.3) is 0 Å². The quantitative estimate of drug-likeness (QED) is 0.803. The van der Waals surface area contributed by atoms with Crippen LogP contribution >= 0.6 is 0 Å². The number of aryl methyl sites for hydroxylation is 1. The van der Waals surface area contributed by atoms with Gasteiger partial charge in [0.05, 0.1) is 24.5 Å². The fourth-order valence-corrected chi connectivity index (χ4v) is 3.40. The van der Waals surface area contributed by atoms with Gasteiger partial charge < -0.3 is 15.0 Å². The van der Waals surface area contributed by atoms with E-state index in [1.807, 2.05) is 22.6 Å². The number of hydrogen-bond acceptors (Lipinski definition) is 4. The van der Waals surface area contributed by atoms with E-state index in [0.717, 1.165) is 50.2 Å². The summed E-state index contributed by atoms with van der Waals surface area (Å²) in [7, 11) is 0. The summed E-state index contributed by atoms with van der Waals surface area (Å²) in [5.74, 6) is 0.402. The van der Waals surface area contributed by atoms with Crippen molar-refractivity contribution in [3.8, 4) is 0 Å². The van der Waals surface area contributed by atoms with E-state index in [1.54, 1.807) is 6.92 Å². The van der Waals surface area contributed by atoms with E-state index in [0.29, 0.717) is 25.6 Å². The lowest BCUT2D eigenvalue weighted by Gasteiger charge is -2.30. The highest BCUT2D eigenvalue weighted by atomic mass is 16.5. The number of carbonyl (C=O) groups excluding carboxylic acids is 2. The highest BCUT2D eigenvalue weighted by molar-refractivity contribution is 5.80. The number of rotatable bonds is 7. The molecule has 1 fully saturated rings.